The fourth-order valence-electron chi connectivity index (χ4n) is 4.62. The minimum absolute atomic E-state index is 0.0112. The van der Waals surface area contributed by atoms with Crippen molar-refractivity contribution in [2.45, 2.75) is 55.4 Å². The highest BCUT2D eigenvalue weighted by Gasteiger charge is 2.90. The molecule has 15 heteroatoms. The molecule has 3 heterocycles. The molecule has 1 aliphatic heterocycles. The van der Waals surface area contributed by atoms with Gasteiger partial charge in [-0.05, 0) is 34.1 Å². The van der Waals surface area contributed by atoms with Gasteiger partial charge in [-0.3, -0.25) is 4.68 Å². The molecule has 194 valence electrons. The quantitative estimate of drug-likeness (QED) is 0.154. The molecule has 0 bridgehead atoms. The maximum absolute atomic E-state index is 14.1. The molecular weight excluding hydrogens is 594 g/mol. The Morgan fingerprint density at radius 1 is 1.31 bits per heavy atom. The van der Waals surface area contributed by atoms with Crippen molar-refractivity contribution in [3.63, 3.8) is 0 Å². The molecule has 5 rings (SSSR count). The third-order valence-electron chi connectivity index (χ3n) is 6.84. The lowest BCUT2D eigenvalue weighted by molar-refractivity contribution is -0.673. The second-order valence-corrected chi connectivity index (χ2v) is 20.0. The first-order chi connectivity index (χ1) is 16.7. The van der Waals surface area contributed by atoms with Gasteiger partial charge >= 0.3 is 10.0 Å². The van der Waals surface area contributed by atoms with Crippen LogP contribution in [0, 0.1) is 5.41 Å². The number of nitrogens with zero attached hydrogens (tertiary/aromatic N) is 5. The van der Waals surface area contributed by atoms with Crippen LogP contribution >= 0.6 is 27.3 Å². The first kappa shape index (κ1) is 26.0. The molecule has 1 saturated carbocycles. The van der Waals surface area contributed by atoms with Gasteiger partial charge in [0.05, 0.1) is 12.1 Å². The van der Waals surface area contributed by atoms with Crippen LogP contribution in [0.2, 0.25) is 25.7 Å². The predicted octanol–water partition coefficient (Wildman–Crippen LogP) is 5.13. The molecule has 2 fully saturated rings. The van der Waals surface area contributed by atoms with Crippen LogP contribution in [0.4, 0.5) is 8.78 Å². The molecular formula is C21H26BrF2N6O3S2Si+. The van der Waals surface area contributed by atoms with Crippen LogP contribution < -0.4 is 0 Å². The predicted molar refractivity (Wildman–Crippen MR) is 138 cm³/mol. The standard InChI is InChI=1S/C21H26BrF2N6O3S2Si/c1-29-16-13(15(28-29)18-26-27-19(34-18)17(23)24)9-12(10-14(16)22)35(31,32)30(20(25)21(30)5-6-21)11-33-7-8-36(2,3)4/h9-10,17,25H,5-8,11H2,1-4H3/q+1. The molecule has 1 unspecified atom stereocenters. The Morgan fingerprint density at radius 2 is 2.00 bits per heavy atom. The summed E-state index contributed by atoms with van der Waals surface area (Å²) in [4.78, 5) is 0.0112. The molecule has 2 aromatic heterocycles. The topological polar surface area (TPSA) is 111 Å². The smallest absolute Gasteiger partial charge is 0.330 e. The van der Waals surface area contributed by atoms with Gasteiger partial charge in [0.2, 0.25) is 12.3 Å². The molecule has 1 atom stereocenters. The number of amidine groups is 1. The number of ether oxygens (including phenoxy) is 1. The van der Waals surface area contributed by atoms with E-state index in [1.807, 2.05) is 0 Å². The number of sulfonamides is 1. The number of halogens is 3. The Morgan fingerprint density at radius 3 is 2.56 bits per heavy atom. The van der Waals surface area contributed by atoms with Gasteiger partial charge in [0.1, 0.15) is 10.6 Å². The maximum Gasteiger partial charge on any atom is 0.336 e. The van der Waals surface area contributed by atoms with Gasteiger partial charge < -0.3 is 4.74 Å². The normalized spacial score (nSPS) is 21.2. The Hall–Kier alpha value is -1.65. The number of aryl methyl sites for hydroxylation is 1. The van der Waals surface area contributed by atoms with Crippen LogP contribution in [0.1, 0.15) is 24.3 Å². The number of fused-ring (bicyclic) bond motifs is 1. The maximum atomic E-state index is 14.1. The first-order valence-electron chi connectivity index (χ1n) is 11.3. The summed E-state index contributed by atoms with van der Waals surface area (Å²) >= 11 is 4.19. The van der Waals surface area contributed by atoms with Gasteiger partial charge in [0, 0.05) is 37.8 Å². The van der Waals surface area contributed by atoms with Crippen LogP contribution in [0.25, 0.3) is 21.6 Å². The molecule has 1 aromatic carbocycles. The van der Waals surface area contributed by atoms with Gasteiger partial charge in [-0.25, -0.2) is 14.2 Å². The van der Waals surface area contributed by atoms with Crippen molar-refractivity contribution in [1.82, 2.24) is 20.0 Å². The van der Waals surface area contributed by atoms with E-state index < -0.39 is 39.0 Å². The fraction of sp³-hybridized carbons (Fsp3) is 0.524. The third-order valence-corrected chi connectivity index (χ3v) is 12.4. The van der Waals surface area contributed by atoms with Crippen LogP contribution in [-0.2, 0) is 21.8 Å². The summed E-state index contributed by atoms with van der Waals surface area (Å²) in [7, 11) is -3.76. The molecule has 9 nitrogen and oxygen atoms in total. The zero-order valence-corrected chi connectivity index (χ0v) is 24.4. The number of hydrogen-bond donors (Lipinski definition) is 1. The number of quaternary nitrogens is 1. The first-order valence-corrected chi connectivity index (χ1v) is 18.1. The summed E-state index contributed by atoms with van der Waals surface area (Å²) in [5, 5.41) is 20.6. The van der Waals surface area contributed by atoms with E-state index in [0.29, 0.717) is 34.8 Å². The number of benzene rings is 1. The van der Waals surface area contributed by atoms with E-state index >= 15 is 0 Å². The summed E-state index contributed by atoms with van der Waals surface area (Å²) in [6.07, 6.45) is -1.50. The van der Waals surface area contributed by atoms with E-state index in [2.05, 4.69) is 50.9 Å². The molecule has 0 amide bonds. The van der Waals surface area contributed by atoms with E-state index in [1.54, 1.807) is 11.7 Å². The number of aromatic nitrogens is 4. The molecule has 2 aliphatic rings. The van der Waals surface area contributed by atoms with Crippen LogP contribution in [0.3, 0.4) is 0 Å². The van der Waals surface area contributed by atoms with Crippen molar-refractivity contribution in [2.24, 2.45) is 7.05 Å². The Labute approximate surface area is 220 Å². The second kappa shape index (κ2) is 8.43. The molecule has 36 heavy (non-hydrogen) atoms. The highest BCUT2D eigenvalue weighted by atomic mass is 79.9. The van der Waals surface area contributed by atoms with Crippen molar-refractivity contribution < 1.29 is 25.8 Å². The fourth-order valence-corrected chi connectivity index (χ4v) is 9.15. The lowest BCUT2D eigenvalue weighted by atomic mass is 10.2. The third kappa shape index (κ3) is 3.81. The van der Waals surface area contributed by atoms with Crippen LogP contribution in [-0.4, -0.2) is 65.1 Å². The SMILES string of the molecule is Cn1nc(-c2nnc(C(F)F)s2)c2cc(S(=O)(=O)[N+]3(COCC[Si](C)(C)C)C(=N)C34CC4)cc(Br)c21. The summed E-state index contributed by atoms with van der Waals surface area (Å²) in [5.41, 5.74) is 0.162. The summed E-state index contributed by atoms with van der Waals surface area (Å²) < 4.78 is 61.8. The monoisotopic (exact) mass is 619 g/mol. The van der Waals surface area contributed by atoms with Gasteiger partial charge in [-0.15, -0.1) is 14.1 Å². The summed E-state index contributed by atoms with van der Waals surface area (Å²) in [6, 6.07) is 3.90. The molecule has 1 saturated heterocycles. The molecule has 1 aliphatic carbocycles. The Balaban J connectivity index is 1.57. The number of rotatable bonds is 9. The minimum Gasteiger partial charge on any atom is -0.330 e. The van der Waals surface area contributed by atoms with Gasteiger partial charge in [-0.2, -0.15) is 13.5 Å². The average Bonchev–Trinajstić information content (AvgIpc) is 3.51. The number of nitrogens with one attached hydrogen (secondary N) is 1. The van der Waals surface area contributed by atoms with Crippen molar-refractivity contribution in [1.29, 1.82) is 5.41 Å². The molecule has 1 N–H and O–H groups in total. The zero-order chi connectivity index (χ0) is 26.3. The van der Waals surface area contributed by atoms with Gasteiger partial charge in [-0.1, -0.05) is 31.0 Å². The van der Waals surface area contributed by atoms with E-state index in [1.165, 1.54) is 12.1 Å². The second-order valence-electron chi connectivity index (χ2n) is 10.5. The molecule has 3 aromatic rings. The summed E-state index contributed by atoms with van der Waals surface area (Å²) in [6.45, 7) is 7.02. The number of alkyl halides is 2. The molecule has 1 spiro atoms. The average molecular weight is 621 g/mol. The molecule has 0 radical (unpaired) electrons. The van der Waals surface area contributed by atoms with Crippen molar-refractivity contribution >= 4 is 62.1 Å². The summed E-state index contributed by atoms with van der Waals surface area (Å²) in [5.74, 6) is 0.156. The van der Waals surface area contributed by atoms with E-state index in [0.717, 1.165) is 17.4 Å². The van der Waals surface area contributed by atoms with Crippen LogP contribution in [0.5, 0.6) is 0 Å². The van der Waals surface area contributed by atoms with Crippen LogP contribution in [0.15, 0.2) is 21.5 Å². The van der Waals surface area contributed by atoms with Gasteiger partial charge in [0.25, 0.3) is 12.3 Å². The van der Waals surface area contributed by atoms with E-state index in [9.17, 15) is 17.2 Å². The lowest BCUT2D eigenvalue weighted by Crippen LogP contribution is -2.40. The van der Waals surface area contributed by atoms with Crippen molar-refractivity contribution in [3.05, 3.63) is 21.6 Å². The van der Waals surface area contributed by atoms with E-state index in [4.69, 9.17) is 10.1 Å². The zero-order valence-electron chi connectivity index (χ0n) is 20.2. The van der Waals surface area contributed by atoms with Crippen molar-refractivity contribution in [2.75, 3.05) is 13.3 Å². The Bertz CT molecular complexity index is 1500. The lowest BCUT2D eigenvalue weighted by Gasteiger charge is -2.20. The highest BCUT2D eigenvalue weighted by molar-refractivity contribution is 9.10. The van der Waals surface area contributed by atoms with Crippen molar-refractivity contribution in [3.8, 4) is 10.7 Å². The highest BCUT2D eigenvalue weighted by Crippen LogP contribution is 2.65. The van der Waals surface area contributed by atoms with E-state index in [-0.39, 0.29) is 28.2 Å². The van der Waals surface area contributed by atoms with Gasteiger partial charge in [0.15, 0.2) is 10.0 Å². The number of hydrogen-bond acceptors (Lipinski definition) is 8. The Kier molecular flexibility index (Phi) is 6.08. The largest absolute Gasteiger partial charge is 0.336 e. The minimum atomic E-state index is -4.07.